The number of hydrogen-bond donors (Lipinski definition) is 1. The number of pyridine rings is 1. The molecule has 1 aromatic carbocycles. The van der Waals surface area contributed by atoms with E-state index in [0.29, 0.717) is 22.8 Å². The summed E-state index contributed by atoms with van der Waals surface area (Å²) >= 11 is 0. The van der Waals surface area contributed by atoms with E-state index < -0.39 is 0 Å². The Morgan fingerprint density at radius 2 is 2.04 bits per heavy atom. The highest BCUT2D eigenvalue weighted by atomic mass is 16.5. The number of aromatic nitrogens is 1. The third-order valence-corrected chi connectivity index (χ3v) is 3.66. The molecule has 1 atom stereocenters. The zero-order valence-corrected chi connectivity index (χ0v) is 13.8. The van der Waals surface area contributed by atoms with Crippen molar-refractivity contribution in [3.63, 3.8) is 0 Å². The number of rotatable bonds is 5. The molecular weight excluding hydrogens is 292 g/mol. The van der Waals surface area contributed by atoms with Crippen LogP contribution in [-0.2, 0) is 0 Å². The molecule has 0 aliphatic rings. The second-order valence-electron chi connectivity index (χ2n) is 5.38. The molecule has 0 amide bonds. The molecule has 120 valence electrons. The first-order valence-electron chi connectivity index (χ1n) is 7.49. The van der Waals surface area contributed by atoms with Gasteiger partial charge in [-0.2, -0.15) is 5.26 Å². The van der Waals surface area contributed by atoms with Gasteiger partial charge in [0.2, 0.25) is 0 Å². The molecule has 1 aromatic heterocycles. The van der Waals surface area contributed by atoms with Crippen LogP contribution in [0.5, 0.6) is 11.5 Å². The third kappa shape index (κ3) is 3.54. The normalized spacial score (nSPS) is 11.6. The molecule has 5 heteroatoms. The van der Waals surface area contributed by atoms with Gasteiger partial charge in [-0.15, -0.1) is 0 Å². The fraction of sp³-hybridized carbons (Fsp3) is 0.333. The van der Waals surface area contributed by atoms with Crippen LogP contribution in [0.1, 0.15) is 31.5 Å². The highest BCUT2D eigenvalue weighted by Crippen LogP contribution is 2.34. The summed E-state index contributed by atoms with van der Waals surface area (Å²) in [5.41, 5.74) is 1.73. The fourth-order valence-corrected chi connectivity index (χ4v) is 2.26. The zero-order chi connectivity index (χ0) is 17.0. The van der Waals surface area contributed by atoms with Gasteiger partial charge >= 0.3 is 0 Å². The Labute approximate surface area is 135 Å². The van der Waals surface area contributed by atoms with Gasteiger partial charge in [-0.05, 0) is 44.0 Å². The van der Waals surface area contributed by atoms with Gasteiger partial charge in [0.05, 0.1) is 13.2 Å². The van der Waals surface area contributed by atoms with Crippen LogP contribution in [0.3, 0.4) is 0 Å². The Balaban J connectivity index is 2.54. The summed E-state index contributed by atoms with van der Waals surface area (Å²) < 4.78 is 11.2. The van der Waals surface area contributed by atoms with Crippen LogP contribution < -0.4 is 15.0 Å². The number of aryl methyl sites for hydroxylation is 1. The largest absolute Gasteiger partial charge is 0.493 e. The van der Waals surface area contributed by atoms with Crippen LogP contribution >= 0.6 is 0 Å². The number of hydrogen-bond acceptors (Lipinski definition) is 4. The summed E-state index contributed by atoms with van der Waals surface area (Å²) in [4.78, 5) is 14.6. The van der Waals surface area contributed by atoms with Gasteiger partial charge in [0.25, 0.3) is 5.56 Å². The van der Waals surface area contributed by atoms with E-state index in [1.54, 1.807) is 32.2 Å². The molecule has 0 aliphatic carbocycles. The van der Waals surface area contributed by atoms with E-state index >= 15 is 0 Å². The predicted octanol–water partition coefficient (Wildman–Crippen LogP) is 3.41. The van der Waals surface area contributed by atoms with Gasteiger partial charge < -0.3 is 14.5 Å². The van der Waals surface area contributed by atoms with Crippen molar-refractivity contribution in [2.24, 2.45) is 0 Å². The van der Waals surface area contributed by atoms with E-state index in [1.165, 1.54) is 0 Å². The quantitative estimate of drug-likeness (QED) is 0.918. The number of ether oxygens (including phenoxy) is 2. The number of benzene rings is 1. The summed E-state index contributed by atoms with van der Waals surface area (Å²) in [7, 11) is 1.57. The number of nitrogens with one attached hydrogen (secondary N) is 1. The molecule has 0 radical (unpaired) electrons. The molecule has 1 heterocycles. The van der Waals surface area contributed by atoms with Crippen LogP contribution in [0, 0.1) is 18.3 Å². The first kappa shape index (κ1) is 16.6. The maximum atomic E-state index is 11.9. The molecule has 2 aromatic rings. The SMILES string of the molecule is CCC(C)Oc1ccc(-c2cc(C)[nH]c(=O)c2C#N)cc1OC. The lowest BCUT2D eigenvalue weighted by Gasteiger charge is -2.16. The molecule has 0 aliphatic heterocycles. The van der Waals surface area contributed by atoms with Crippen LogP contribution in [-0.4, -0.2) is 18.2 Å². The lowest BCUT2D eigenvalue weighted by Crippen LogP contribution is -2.13. The summed E-state index contributed by atoms with van der Waals surface area (Å²) in [6.45, 7) is 5.81. The number of nitrogens with zero attached hydrogens (tertiary/aromatic N) is 1. The van der Waals surface area contributed by atoms with Crippen LogP contribution in [0.2, 0.25) is 0 Å². The number of aromatic amines is 1. The second kappa shape index (κ2) is 7.01. The monoisotopic (exact) mass is 312 g/mol. The van der Waals surface area contributed by atoms with E-state index in [4.69, 9.17) is 9.47 Å². The van der Waals surface area contributed by atoms with E-state index in [-0.39, 0.29) is 17.2 Å². The van der Waals surface area contributed by atoms with Crippen LogP contribution in [0.4, 0.5) is 0 Å². The van der Waals surface area contributed by atoms with Crippen molar-refractivity contribution in [2.75, 3.05) is 7.11 Å². The van der Waals surface area contributed by atoms with E-state index in [0.717, 1.165) is 12.0 Å². The van der Waals surface area contributed by atoms with E-state index in [1.807, 2.05) is 26.0 Å². The number of H-pyrrole nitrogens is 1. The molecule has 0 bridgehead atoms. The topological polar surface area (TPSA) is 75.1 Å². The number of nitriles is 1. The Morgan fingerprint density at radius 1 is 1.30 bits per heavy atom. The lowest BCUT2D eigenvalue weighted by atomic mass is 10.0. The standard InChI is InChI=1S/C18H20N2O3/c1-5-12(3)23-16-7-6-13(9-17(16)22-4)14-8-11(2)20-18(21)15(14)10-19/h6-9,12H,5H2,1-4H3,(H,20,21). The Morgan fingerprint density at radius 3 is 2.65 bits per heavy atom. The molecule has 2 rings (SSSR count). The summed E-state index contributed by atoms with van der Waals surface area (Å²) in [6.07, 6.45) is 0.961. The Kier molecular flexibility index (Phi) is 5.07. The van der Waals surface area contributed by atoms with Gasteiger partial charge in [-0.25, -0.2) is 0 Å². The van der Waals surface area contributed by atoms with Crippen molar-refractivity contribution in [3.05, 3.63) is 45.9 Å². The molecule has 5 nitrogen and oxygen atoms in total. The van der Waals surface area contributed by atoms with Gasteiger partial charge in [0.1, 0.15) is 11.6 Å². The van der Waals surface area contributed by atoms with Crippen molar-refractivity contribution in [3.8, 4) is 28.7 Å². The molecule has 0 fully saturated rings. The Hall–Kier alpha value is -2.74. The van der Waals surface area contributed by atoms with Gasteiger partial charge in [0, 0.05) is 11.3 Å². The average Bonchev–Trinajstić information content (AvgIpc) is 2.54. The molecule has 0 saturated heterocycles. The summed E-state index contributed by atoms with van der Waals surface area (Å²) in [5, 5.41) is 9.26. The summed E-state index contributed by atoms with van der Waals surface area (Å²) in [6, 6.07) is 9.17. The van der Waals surface area contributed by atoms with Crippen molar-refractivity contribution < 1.29 is 9.47 Å². The second-order valence-corrected chi connectivity index (χ2v) is 5.38. The minimum atomic E-state index is -0.388. The smallest absolute Gasteiger partial charge is 0.266 e. The molecule has 0 spiro atoms. The molecule has 1 unspecified atom stereocenters. The predicted molar refractivity (Wildman–Crippen MR) is 88.9 cm³/mol. The van der Waals surface area contributed by atoms with Gasteiger partial charge in [-0.3, -0.25) is 4.79 Å². The first-order valence-corrected chi connectivity index (χ1v) is 7.49. The number of methoxy groups -OCH3 is 1. The van der Waals surface area contributed by atoms with Crippen molar-refractivity contribution in [1.29, 1.82) is 5.26 Å². The molecule has 1 N–H and O–H groups in total. The minimum Gasteiger partial charge on any atom is -0.493 e. The van der Waals surface area contributed by atoms with Crippen molar-refractivity contribution in [1.82, 2.24) is 4.98 Å². The molecular formula is C18H20N2O3. The first-order chi connectivity index (χ1) is 11.0. The average molecular weight is 312 g/mol. The highest BCUT2D eigenvalue weighted by Gasteiger charge is 2.14. The molecule has 0 saturated carbocycles. The lowest BCUT2D eigenvalue weighted by molar-refractivity contribution is 0.207. The fourth-order valence-electron chi connectivity index (χ4n) is 2.26. The highest BCUT2D eigenvalue weighted by molar-refractivity contribution is 5.72. The van der Waals surface area contributed by atoms with Crippen LogP contribution in [0.15, 0.2) is 29.1 Å². The minimum absolute atomic E-state index is 0.0752. The van der Waals surface area contributed by atoms with E-state index in [9.17, 15) is 10.1 Å². The van der Waals surface area contributed by atoms with Crippen molar-refractivity contribution in [2.45, 2.75) is 33.3 Å². The van der Waals surface area contributed by atoms with E-state index in [2.05, 4.69) is 4.98 Å². The van der Waals surface area contributed by atoms with Crippen molar-refractivity contribution >= 4 is 0 Å². The van der Waals surface area contributed by atoms with Gasteiger partial charge in [0.15, 0.2) is 11.5 Å². The summed E-state index contributed by atoms with van der Waals surface area (Å²) in [5.74, 6) is 1.22. The third-order valence-electron chi connectivity index (χ3n) is 3.66. The van der Waals surface area contributed by atoms with Crippen LogP contribution in [0.25, 0.3) is 11.1 Å². The Bertz CT molecular complexity index is 803. The van der Waals surface area contributed by atoms with Gasteiger partial charge in [-0.1, -0.05) is 13.0 Å². The zero-order valence-electron chi connectivity index (χ0n) is 13.8. The molecule has 23 heavy (non-hydrogen) atoms. The maximum Gasteiger partial charge on any atom is 0.266 e. The maximum absolute atomic E-state index is 11.9.